The molecule has 1 aliphatic rings. The van der Waals surface area contributed by atoms with Gasteiger partial charge in [0.25, 0.3) is 0 Å². The number of morpholine rings is 1. The van der Waals surface area contributed by atoms with Crippen molar-refractivity contribution in [1.82, 2.24) is 9.88 Å². The van der Waals surface area contributed by atoms with Gasteiger partial charge in [0, 0.05) is 19.6 Å². The van der Waals surface area contributed by atoms with Crippen LogP contribution in [0.25, 0.3) is 0 Å². The molecular formula is C12H18FN3O. The van der Waals surface area contributed by atoms with E-state index < -0.39 is 0 Å². The zero-order chi connectivity index (χ0) is 12.1. The molecule has 0 bridgehead atoms. The summed E-state index contributed by atoms with van der Waals surface area (Å²) in [5.74, 6) is 0.366. The number of hydrogen-bond donors (Lipinski definition) is 1. The van der Waals surface area contributed by atoms with E-state index in [1.54, 1.807) is 6.07 Å². The molecule has 1 fully saturated rings. The summed E-state index contributed by atoms with van der Waals surface area (Å²) in [7, 11) is 0. The van der Waals surface area contributed by atoms with Gasteiger partial charge in [0.1, 0.15) is 11.6 Å². The van der Waals surface area contributed by atoms with Crippen LogP contribution in [0, 0.1) is 5.82 Å². The molecular weight excluding hydrogens is 221 g/mol. The number of pyridine rings is 1. The zero-order valence-electron chi connectivity index (χ0n) is 10.0. The highest BCUT2D eigenvalue weighted by Gasteiger charge is 2.18. The van der Waals surface area contributed by atoms with Gasteiger partial charge in [-0.3, -0.25) is 4.90 Å². The molecule has 5 heteroatoms. The van der Waals surface area contributed by atoms with Crippen molar-refractivity contribution in [2.75, 3.05) is 38.1 Å². The van der Waals surface area contributed by atoms with Gasteiger partial charge in [-0.1, -0.05) is 6.92 Å². The van der Waals surface area contributed by atoms with Crippen LogP contribution in [-0.4, -0.2) is 48.8 Å². The van der Waals surface area contributed by atoms with Gasteiger partial charge in [-0.05, 0) is 18.7 Å². The molecule has 0 amide bonds. The molecule has 94 valence electrons. The van der Waals surface area contributed by atoms with E-state index >= 15 is 0 Å². The molecule has 17 heavy (non-hydrogen) atoms. The number of nitrogens with one attached hydrogen (secondary N) is 1. The maximum atomic E-state index is 12.7. The summed E-state index contributed by atoms with van der Waals surface area (Å²) in [5.41, 5.74) is 0. The van der Waals surface area contributed by atoms with E-state index in [1.165, 1.54) is 12.3 Å². The zero-order valence-corrected chi connectivity index (χ0v) is 10.0. The summed E-state index contributed by atoms with van der Waals surface area (Å²) in [4.78, 5) is 6.30. The molecule has 1 aliphatic heterocycles. The molecule has 1 unspecified atom stereocenters. The third kappa shape index (κ3) is 3.64. The van der Waals surface area contributed by atoms with Crippen LogP contribution in [0.4, 0.5) is 10.2 Å². The lowest BCUT2D eigenvalue weighted by atomic mass is 10.2. The summed E-state index contributed by atoms with van der Waals surface area (Å²) in [5, 5.41) is 3.16. The van der Waals surface area contributed by atoms with Crippen LogP contribution < -0.4 is 5.32 Å². The first-order valence-corrected chi connectivity index (χ1v) is 5.97. The van der Waals surface area contributed by atoms with Crippen molar-refractivity contribution in [1.29, 1.82) is 0 Å². The predicted octanol–water partition coefficient (Wildman–Crippen LogP) is 1.35. The summed E-state index contributed by atoms with van der Waals surface area (Å²) in [6, 6.07) is 3.03. The van der Waals surface area contributed by atoms with Crippen LogP contribution in [0.1, 0.15) is 6.92 Å². The molecule has 0 radical (unpaired) electrons. The minimum Gasteiger partial charge on any atom is -0.374 e. The second-order valence-electron chi connectivity index (χ2n) is 4.13. The van der Waals surface area contributed by atoms with Crippen LogP contribution >= 0.6 is 0 Å². The first kappa shape index (κ1) is 12.3. The molecule has 2 heterocycles. The Morgan fingerprint density at radius 1 is 1.59 bits per heavy atom. The molecule has 0 aliphatic carbocycles. The Morgan fingerprint density at radius 2 is 2.47 bits per heavy atom. The van der Waals surface area contributed by atoms with E-state index in [1.807, 2.05) is 0 Å². The predicted molar refractivity (Wildman–Crippen MR) is 64.5 cm³/mol. The van der Waals surface area contributed by atoms with E-state index in [9.17, 15) is 4.39 Å². The van der Waals surface area contributed by atoms with Crippen LogP contribution in [0.2, 0.25) is 0 Å². The molecule has 1 saturated heterocycles. The quantitative estimate of drug-likeness (QED) is 0.860. The maximum absolute atomic E-state index is 12.7. The van der Waals surface area contributed by atoms with E-state index in [2.05, 4.69) is 22.1 Å². The average molecular weight is 239 g/mol. The first-order chi connectivity index (χ1) is 8.28. The van der Waals surface area contributed by atoms with Gasteiger partial charge in [0.15, 0.2) is 0 Å². The largest absolute Gasteiger partial charge is 0.374 e. The second-order valence-corrected chi connectivity index (χ2v) is 4.13. The van der Waals surface area contributed by atoms with Crippen molar-refractivity contribution >= 4 is 5.82 Å². The SMILES string of the molecule is CCN1CCOC(CNc2ccc(F)cn2)C1. The fourth-order valence-electron chi connectivity index (χ4n) is 1.89. The summed E-state index contributed by atoms with van der Waals surface area (Å²) in [6.07, 6.45) is 1.39. The highest BCUT2D eigenvalue weighted by molar-refractivity contribution is 5.33. The lowest BCUT2D eigenvalue weighted by molar-refractivity contribution is -0.0192. The van der Waals surface area contributed by atoms with Gasteiger partial charge in [-0.2, -0.15) is 0 Å². The maximum Gasteiger partial charge on any atom is 0.141 e. The summed E-state index contributed by atoms with van der Waals surface area (Å²) >= 11 is 0. The van der Waals surface area contributed by atoms with Crippen molar-refractivity contribution in [2.45, 2.75) is 13.0 Å². The standard InChI is InChI=1S/C12H18FN3O/c1-2-16-5-6-17-11(9-16)8-15-12-4-3-10(13)7-14-12/h3-4,7,11H,2,5-6,8-9H2,1H3,(H,14,15). The number of anilines is 1. The van der Waals surface area contributed by atoms with Gasteiger partial charge >= 0.3 is 0 Å². The molecule has 0 spiro atoms. The Kier molecular flexibility index (Phi) is 4.28. The lowest BCUT2D eigenvalue weighted by Gasteiger charge is -2.32. The van der Waals surface area contributed by atoms with Crippen molar-refractivity contribution in [2.24, 2.45) is 0 Å². The highest BCUT2D eigenvalue weighted by Crippen LogP contribution is 2.07. The molecule has 2 rings (SSSR count). The second kappa shape index (κ2) is 5.93. The van der Waals surface area contributed by atoms with Gasteiger partial charge in [0.2, 0.25) is 0 Å². The topological polar surface area (TPSA) is 37.4 Å². The molecule has 1 aromatic rings. The van der Waals surface area contributed by atoms with Crippen LogP contribution in [0.5, 0.6) is 0 Å². The molecule has 0 aromatic carbocycles. The fourth-order valence-corrected chi connectivity index (χ4v) is 1.89. The van der Waals surface area contributed by atoms with Gasteiger partial charge in [0.05, 0.1) is 18.9 Å². The molecule has 1 N–H and O–H groups in total. The van der Waals surface area contributed by atoms with Gasteiger partial charge in [-0.15, -0.1) is 0 Å². The van der Waals surface area contributed by atoms with E-state index in [-0.39, 0.29) is 11.9 Å². The van der Waals surface area contributed by atoms with Crippen molar-refractivity contribution in [3.8, 4) is 0 Å². The summed E-state index contributed by atoms with van der Waals surface area (Å²) in [6.45, 7) is 6.62. The number of rotatable bonds is 4. The van der Waals surface area contributed by atoms with Crippen LogP contribution in [-0.2, 0) is 4.74 Å². The lowest BCUT2D eigenvalue weighted by Crippen LogP contribution is -2.45. The Morgan fingerprint density at radius 3 is 3.18 bits per heavy atom. The normalized spacial score (nSPS) is 21.4. The van der Waals surface area contributed by atoms with E-state index in [4.69, 9.17) is 4.74 Å². The number of likely N-dealkylation sites (N-methyl/N-ethyl adjacent to an activating group) is 1. The number of aromatic nitrogens is 1. The van der Waals surface area contributed by atoms with Crippen molar-refractivity contribution in [3.05, 3.63) is 24.1 Å². The van der Waals surface area contributed by atoms with Crippen LogP contribution in [0.3, 0.4) is 0 Å². The molecule has 4 nitrogen and oxygen atoms in total. The molecule has 1 aromatic heterocycles. The number of nitrogens with zero attached hydrogens (tertiary/aromatic N) is 2. The van der Waals surface area contributed by atoms with Crippen molar-refractivity contribution < 1.29 is 9.13 Å². The Hall–Kier alpha value is -1.20. The van der Waals surface area contributed by atoms with Crippen LogP contribution in [0.15, 0.2) is 18.3 Å². The first-order valence-electron chi connectivity index (χ1n) is 5.97. The fraction of sp³-hybridized carbons (Fsp3) is 0.583. The smallest absolute Gasteiger partial charge is 0.141 e. The molecule has 0 saturated carbocycles. The van der Waals surface area contributed by atoms with E-state index in [0.29, 0.717) is 12.4 Å². The van der Waals surface area contributed by atoms with E-state index in [0.717, 1.165) is 26.2 Å². The Balaban J connectivity index is 1.79. The highest BCUT2D eigenvalue weighted by atomic mass is 19.1. The third-order valence-corrected chi connectivity index (χ3v) is 2.91. The third-order valence-electron chi connectivity index (χ3n) is 2.91. The van der Waals surface area contributed by atoms with Gasteiger partial charge in [-0.25, -0.2) is 9.37 Å². The average Bonchev–Trinajstić information content (AvgIpc) is 2.38. The van der Waals surface area contributed by atoms with Gasteiger partial charge < -0.3 is 10.1 Å². The number of ether oxygens (including phenoxy) is 1. The number of hydrogen-bond acceptors (Lipinski definition) is 4. The molecule has 1 atom stereocenters. The summed E-state index contributed by atoms with van der Waals surface area (Å²) < 4.78 is 18.3. The Bertz CT molecular complexity index is 344. The Labute approximate surface area is 101 Å². The minimum atomic E-state index is -0.318. The number of halogens is 1. The monoisotopic (exact) mass is 239 g/mol. The minimum absolute atomic E-state index is 0.176. The van der Waals surface area contributed by atoms with Crippen molar-refractivity contribution in [3.63, 3.8) is 0 Å².